The number of ether oxygens (including phenoxy) is 1. The van der Waals surface area contributed by atoms with Crippen LogP contribution in [0.5, 0.6) is 0 Å². The Labute approximate surface area is 97.3 Å². The van der Waals surface area contributed by atoms with Gasteiger partial charge in [-0.2, -0.15) is 5.26 Å². The lowest BCUT2D eigenvalue weighted by molar-refractivity contribution is -0.0387. The number of hydrogen-bond donors (Lipinski definition) is 1. The topological polar surface area (TPSA) is 62.3 Å². The summed E-state index contributed by atoms with van der Waals surface area (Å²) >= 11 is 0. The van der Waals surface area contributed by atoms with Crippen LogP contribution in [-0.2, 0) is 4.74 Å². The van der Waals surface area contributed by atoms with Gasteiger partial charge in [-0.1, -0.05) is 0 Å². The third-order valence-electron chi connectivity index (χ3n) is 3.55. The summed E-state index contributed by atoms with van der Waals surface area (Å²) in [6.07, 6.45) is 5.12. The van der Waals surface area contributed by atoms with Gasteiger partial charge in [-0.25, -0.2) is 0 Å². The summed E-state index contributed by atoms with van der Waals surface area (Å²) in [4.78, 5) is 2.46. The number of hydrogen-bond acceptors (Lipinski definition) is 4. The summed E-state index contributed by atoms with van der Waals surface area (Å²) in [7, 11) is 0. The van der Waals surface area contributed by atoms with Crippen LogP contribution < -0.4 is 5.73 Å². The van der Waals surface area contributed by atoms with Gasteiger partial charge in [0.05, 0.1) is 18.3 Å². The molecule has 3 atom stereocenters. The predicted octanol–water partition coefficient (Wildman–Crippen LogP) is 0.871. The van der Waals surface area contributed by atoms with Crippen LogP contribution in [0.15, 0.2) is 0 Å². The Kier molecular flexibility index (Phi) is 3.48. The molecule has 90 valence electrons. The second kappa shape index (κ2) is 4.70. The molecule has 4 heteroatoms. The van der Waals surface area contributed by atoms with Gasteiger partial charge in [0.1, 0.15) is 5.54 Å². The smallest absolute Gasteiger partial charge is 0.101 e. The Bertz CT molecular complexity index is 272. The van der Waals surface area contributed by atoms with E-state index in [4.69, 9.17) is 15.7 Å². The highest BCUT2D eigenvalue weighted by molar-refractivity contribution is 5.00. The predicted molar refractivity (Wildman–Crippen MR) is 61.8 cm³/mol. The standard InChI is InChI=1S/C12H21N3O/c1-12(14,9-13)5-2-6-15-7-10-3-4-11(8-15)16-10/h10-11H,2-8,14H2,1H3. The summed E-state index contributed by atoms with van der Waals surface area (Å²) in [5.41, 5.74) is 5.13. The molecule has 2 aliphatic rings. The number of nitrogens with two attached hydrogens (primary N) is 1. The molecule has 0 aliphatic carbocycles. The number of nitrogens with zero attached hydrogens (tertiary/aromatic N) is 2. The van der Waals surface area contributed by atoms with Gasteiger partial charge in [-0.3, -0.25) is 4.90 Å². The van der Waals surface area contributed by atoms with E-state index in [1.165, 1.54) is 12.8 Å². The molecule has 2 bridgehead atoms. The molecular weight excluding hydrogens is 202 g/mol. The van der Waals surface area contributed by atoms with Crippen molar-refractivity contribution in [1.82, 2.24) is 4.90 Å². The second-order valence-electron chi connectivity index (χ2n) is 5.35. The first-order valence-corrected chi connectivity index (χ1v) is 6.17. The molecule has 2 aliphatic heterocycles. The summed E-state index contributed by atoms with van der Waals surface area (Å²) in [5.74, 6) is 0. The first kappa shape index (κ1) is 11.8. The van der Waals surface area contributed by atoms with Crippen molar-refractivity contribution in [3.8, 4) is 6.07 Å². The molecule has 4 nitrogen and oxygen atoms in total. The van der Waals surface area contributed by atoms with Crippen molar-refractivity contribution in [3.63, 3.8) is 0 Å². The third-order valence-corrected chi connectivity index (χ3v) is 3.55. The summed E-state index contributed by atoms with van der Waals surface area (Å²) in [5, 5.41) is 8.82. The quantitative estimate of drug-likeness (QED) is 0.768. The van der Waals surface area contributed by atoms with E-state index >= 15 is 0 Å². The number of morpholine rings is 1. The van der Waals surface area contributed by atoms with Gasteiger partial charge in [-0.05, 0) is 39.2 Å². The molecule has 2 N–H and O–H groups in total. The normalized spacial score (nSPS) is 33.3. The minimum Gasteiger partial charge on any atom is -0.372 e. The lowest BCUT2D eigenvalue weighted by Gasteiger charge is -2.32. The summed E-state index contributed by atoms with van der Waals surface area (Å²) in [6, 6.07) is 2.14. The van der Waals surface area contributed by atoms with Crippen molar-refractivity contribution in [1.29, 1.82) is 5.26 Å². The highest BCUT2D eigenvalue weighted by atomic mass is 16.5. The van der Waals surface area contributed by atoms with Crippen LogP contribution in [-0.4, -0.2) is 42.3 Å². The molecule has 2 rings (SSSR count). The largest absolute Gasteiger partial charge is 0.372 e. The number of fused-ring (bicyclic) bond motifs is 2. The number of rotatable bonds is 4. The molecule has 2 heterocycles. The third kappa shape index (κ3) is 2.94. The van der Waals surface area contributed by atoms with E-state index in [0.29, 0.717) is 12.2 Å². The second-order valence-corrected chi connectivity index (χ2v) is 5.35. The zero-order valence-corrected chi connectivity index (χ0v) is 9.98. The van der Waals surface area contributed by atoms with Gasteiger partial charge in [0.2, 0.25) is 0 Å². The van der Waals surface area contributed by atoms with Crippen LogP contribution in [0.1, 0.15) is 32.6 Å². The van der Waals surface area contributed by atoms with Crippen molar-refractivity contribution in [3.05, 3.63) is 0 Å². The van der Waals surface area contributed by atoms with E-state index in [2.05, 4.69) is 11.0 Å². The zero-order chi connectivity index (χ0) is 11.6. The fourth-order valence-corrected chi connectivity index (χ4v) is 2.61. The molecule has 0 saturated carbocycles. The minimum atomic E-state index is -0.661. The molecule has 2 fully saturated rings. The molecule has 3 unspecified atom stereocenters. The molecule has 16 heavy (non-hydrogen) atoms. The fraction of sp³-hybridized carbons (Fsp3) is 0.917. The van der Waals surface area contributed by atoms with Gasteiger partial charge in [-0.15, -0.1) is 0 Å². The lowest BCUT2D eigenvalue weighted by Crippen LogP contribution is -2.43. The molecule has 0 aromatic heterocycles. The van der Waals surface area contributed by atoms with Gasteiger partial charge >= 0.3 is 0 Å². The average Bonchev–Trinajstić information content (AvgIpc) is 2.58. The van der Waals surface area contributed by atoms with Crippen molar-refractivity contribution >= 4 is 0 Å². The maximum absolute atomic E-state index is 8.82. The highest BCUT2D eigenvalue weighted by Crippen LogP contribution is 2.26. The summed E-state index contributed by atoms with van der Waals surface area (Å²) in [6.45, 7) is 4.97. The van der Waals surface area contributed by atoms with Crippen LogP contribution in [0.3, 0.4) is 0 Å². The monoisotopic (exact) mass is 223 g/mol. The van der Waals surface area contributed by atoms with Crippen molar-refractivity contribution < 1.29 is 4.74 Å². The highest BCUT2D eigenvalue weighted by Gasteiger charge is 2.33. The van der Waals surface area contributed by atoms with E-state index in [1.54, 1.807) is 6.92 Å². The van der Waals surface area contributed by atoms with E-state index in [0.717, 1.165) is 32.5 Å². The van der Waals surface area contributed by atoms with E-state index < -0.39 is 5.54 Å². The molecule has 0 aromatic rings. The van der Waals surface area contributed by atoms with Crippen LogP contribution in [0.25, 0.3) is 0 Å². The van der Waals surface area contributed by atoms with Crippen LogP contribution >= 0.6 is 0 Å². The van der Waals surface area contributed by atoms with Crippen molar-refractivity contribution in [2.75, 3.05) is 19.6 Å². The average molecular weight is 223 g/mol. The van der Waals surface area contributed by atoms with Gasteiger partial charge in [0.15, 0.2) is 0 Å². The zero-order valence-electron chi connectivity index (χ0n) is 9.98. The molecule has 0 aromatic carbocycles. The van der Waals surface area contributed by atoms with E-state index in [1.807, 2.05) is 0 Å². The van der Waals surface area contributed by atoms with E-state index in [9.17, 15) is 0 Å². The van der Waals surface area contributed by atoms with Gasteiger partial charge in [0, 0.05) is 13.1 Å². The SMILES string of the molecule is CC(N)(C#N)CCCN1CC2CCC(C1)O2. The first-order chi connectivity index (χ1) is 7.59. The van der Waals surface area contributed by atoms with Crippen molar-refractivity contribution in [2.24, 2.45) is 5.73 Å². The van der Waals surface area contributed by atoms with Gasteiger partial charge < -0.3 is 10.5 Å². The van der Waals surface area contributed by atoms with Crippen molar-refractivity contribution in [2.45, 2.75) is 50.4 Å². The Morgan fingerprint density at radius 2 is 2.06 bits per heavy atom. The maximum atomic E-state index is 8.82. The number of likely N-dealkylation sites (tertiary alicyclic amines) is 1. The van der Waals surface area contributed by atoms with E-state index in [-0.39, 0.29) is 0 Å². The fourth-order valence-electron chi connectivity index (χ4n) is 2.61. The van der Waals surface area contributed by atoms with Crippen LogP contribution in [0.4, 0.5) is 0 Å². The molecule has 0 radical (unpaired) electrons. The Morgan fingerprint density at radius 1 is 1.44 bits per heavy atom. The summed E-state index contributed by atoms with van der Waals surface area (Å²) < 4.78 is 5.78. The molecule has 2 saturated heterocycles. The molecule has 0 spiro atoms. The minimum absolute atomic E-state index is 0.457. The Hall–Kier alpha value is -0.630. The van der Waals surface area contributed by atoms with Crippen LogP contribution in [0.2, 0.25) is 0 Å². The van der Waals surface area contributed by atoms with Crippen LogP contribution in [0, 0.1) is 11.3 Å². The Balaban J connectivity index is 1.69. The Morgan fingerprint density at radius 3 is 2.62 bits per heavy atom. The lowest BCUT2D eigenvalue weighted by atomic mass is 9.99. The van der Waals surface area contributed by atoms with Gasteiger partial charge in [0.25, 0.3) is 0 Å². The number of nitriles is 1. The molecule has 0 amide bonds. The molecular formula is C12H21N3O. The first-order valence-electron chi connectivity index (χ1n) is 6.17. The maximum Gasteiger partial charge on any atom is 0.101 e.